The zero-order valence-electron chi connectivity index (χ0n) is 18.7. The maximum Gasteiger partial charge on any atom is 0.269 e. The maximum absolute atomic E-state index is 13.9. The number of carbonyl (C=O) groups excluding carboxylic acids is 3. The van der Waals surface area contributed by atoms with E-state index in [1.54, 1.807) is 24.3 Å². The fraction of sp³-hybridized carbons (Fsp3) is 0.192. The molecule has 0 saturated carbocycles. The quantitative estimate of drug-likeness (QED) is 0.609. The number of aryl methyl sites for hydroxylation is 2. The first-order valence-electron chi connectivity index (χ1n) is 10.8. The number of carbonyl (C=O) groups is 3. The number of amides is 3. The molecule has 6 nitrogen and oxygen atoms in total. The predicted molar refractivity (Wildman–Crippen MR) is 131 cm³/mol. The van der Waals surface area contributed by atoms with Gasteiger partial charge in [0.25, 0.3) is 5.91 Å². The molecule has 0 radical (unpaired) electrons. The van der Waals surface area contributed by atoms with E-state index >= 15 is 0 Å². The lowest BCUT2D eigenvalue weighted by Crippen LogP contribution is -2.50. The number of hydrogen-bond donors (Lipinski definition) is 1. The van der Waals surface area contributed by atoms with E-state index in [9.17, 15) is 18.8 Å². The summed E-state index contributed by atoms with van der Waals surface area (Å²) in [4.78, 5) is 41.4. The van der Waals surface area contributed by atoms with Crippen LogP contribution in [0.5, 0.6) is 0 Å². The molecular weight excluding hydrogens is 453 g/mol. The molecule has 1 fully saturated rings. The number of nitrogens with zero attached hydrogens (tertiary/aromatic N) is 2. The van der Waals surface area contributed by atoms with Gasteiger partial charge >= 0.3 is 0 Å². The zero-order valence-corrected chi connectivity index (χ0v) is 19.5. The van der Waals surface area contributed by atoms with Crippen LogP contribution in [-0.4, -0.2) is 30.0 Å². The molecule has 3 aromatic carbocycles. The van der Waals surface area contributed by atoms with E-state index in [4.69, 9.17) is 0 Å². The summed E-state index contributed by atoms with van der Waals surface area (Å²) < 4.78 is 13.6. The smallest absolute Gasteiger partial charge is 0.269 e. The van der Waals surface area contributed by atoms with E-state index in [1.807, 2.05) is 32.0 Å². The second-order valence-corrected chi connectivity index (χ2v) is 9.64. The van der Waals surface area contributed by atoms with Gasteiger partial charge in [-0.2, -0.15) is 0 Å². The summed E-state index contributed by atoms with van der Waals surface area (Å²) >= 11 is 1.22. The van der Waals surface area contributed by atoms with Crippen LogP contribution < -0.4 is 15.1 Å². The molecule has 3 aromatic rings. The molecule has 8 heteroatoms. The molecule has 1 saturated heterocycles. The van der Waals surface area contributed by atoms with Crippen molar-refractivity contribution in [2.75, 3.05) is 27.4 Å². The number of thioether (sulfide) groups is 1. The van der Waals surface area contributed by atoms with Crippen molar-refractivity contribution in [2.45, 2.75) is 18.7 Å². The Bertz CT molecular complexity index is 1310. The lowest BCUT2D eigenvalue weighted by atomic mass is 10.0. The highest BCUT2D eigenvalue weighted by Crippen LogP contribution is 2.55. The number of fused-ring (bicyclic) bond motifs is 2. The van der Waals surface area contributed by atoms with Gasteiger partial charge in [0, 0.05) is 16.9 Å². The van der Waals surface area contributed by atoms with E-state index in [0.717, 1.165) is 11.1 Å². The average molecular weight is 476 g/mol. The molecule has 1 unspecified atom stereocenters. The van der Waals surface area contributed by atoms with Crippen molar-refractivity contribution < 1.29 is 18.8 Å². The molecule has 0 aliphatic carbocycles. The van der Waals surface area contributed by atoms with Gasteiger partial charge in [-0.3, -0.25) is 24.2 Å². The fourth-order valence-electron chi connectivity index (χ4n) is 4.69. The molecule has 172 valence electrons. The molecule has 0 bridgehead atoms. The van der Waals surface area contributed by atoms with Gasteiger partial charge in [0.1, 0.15) is 12.4 Å². The highest BCUT2D eigenvalue weighted by atomic mass is 32.2. The van der Waals surface area contributed by atoms with Crippen molar-refractivity contribution in [2.24, 2.45) is 0 Å². The minimum atomic E-state index is -1.34. The van der Waals surface area contributed by atoms with Gasteiger partial charge < -0.3 is 5.32 Å². The fourth-order valence-corrected chi connectivity index (χ4v) is 6.05. The number of benzene rings is 3. The zero-order chi connectivity index (χ0) is 24.0. The van der Waals surface area contributed by atoms with E-state index in [1.165, 1.54) is 45.8 Å². The monoisotopic (exact) mass is 475 g/mol. The first kappa shape index (κ1) is 22.2. The normalized spacial score (nSPS) is 19.1. The molecule has 1 N–H and O–H groups in total. The van der Waals surface area contributed by atoms with Gasteiger partial charge in [0.15, 0.2) is 0 Å². The molecule has 2 aliphatic heterocycles. The molecule has 2 heterocycles. The van der Waals surface area contributed by atoms with Gasteiger partial charge in [0.2, 0.25) is 16.7 Å². The highest BCUT2D eigenvalue weighted by molar-refractivity contribution is 8.02. The third kappa shape index (κ3) is 3.54. The number of nitrogens with one attached hydrogen (secondary N) is 1. The van der Waals surface area contributed by atoms with Crippen LogP contribution in [0.2, 0.25) is 0 Å². The summed E-state index contributed by atoms with van der Waals surface area (Å²) in [5, 5.41) is 2.88. The van der Waals surface area contributed by atoms with E-state index in [0.29, 0.717) is 22.6 Å². The number of para-hydroxylation sites is 1. The number of anilines is 3. The Morgan fingerprint density at radius 2 is 1.71 bits per heavy atom. The topological polar surface area (TPSA) is 69.7 Å². The van der Waals surface area contributed by atoms with Crippen molar-refractivity contribution in [1.29, 1.82) is 0 Å². The van der Waals surface area contributed by atoms with Crippen LogP contribution in [0.4, 0.5) is 21.5 Å². The summed E-state index contributed by atoms with van der Waals surface area (Å²) in [5.74, 6) is -1.29. The Morgan fingerprint density at radius 3 is 2.41 bits per heavy atom. The Balaban J connectivity index is 1.50. The largest absolute Gasteiger partial charge is 0.325 e. The Hall–Kier alpha value is -3.65. The van der Waals surface area contributed by atoms with Crippen LogP contribution in [0.1, 0.15) is 16.7 Å². The summed E-state index contributed by atoms with van der Waals surface area (Å²) in [7, 11) is 0. The lowest BCUT2D eigenvalue weighted by molar-refractivity contribution is -0.124. The standard InChI is InChI=1S/C26H22FN3O3S/c1-16-11-17(2)13-19(12-16)28-23(31)14-29-22-6-4-3-5-21(22)26(25(29)33)30(24(32)15-34-26)20-9-7-18(27)8-10-20/h3-13H,14-15H2,1-2H3,(H,28,31). The average Bonchev–Trinajstić information content (AvgIpc) is 3.25. The summed E-state index contributed by atoms with van der Waals surface area (Å²) in [6.45, 7) is 3.70. The molecule has 34 heavy (non-hydrogen) atoms. The second kappa shape index (κ2) is 8.29. The van der Waals surface area contributed by atoms with Crippen LogP contribution in [0, 0.1) is 19.7 Å². The lowest BCUT2D eigenvalue weighted by Gasteiger charge is -2.33. The molecular formula is C26H22FN3O3S. The van der Waals surface area contributed by atoms with Crippen molar-refractivity contribution >= 4 is 46.5 Å². The maximum atomic E-state index is 13.9. The molecule has 1 atom stereocenters. The van der Waals surface area contributed by atoms with Crippen molar-refractivity contribution in [3.05, 3.63) is 89.2 Å². The Labute approximate surface area is 200 Å². The number of rotatable bonds is 4. The van der Waals surface area contributed by atoms with Crippen molar-refractivity contribution in [3.8, 4) is 0 Å². The molecule has 0 aromatic heterocycles. The van der Waals surface area contributed by atoms with E-state index in [-0.39, 0.29) is 30.0 Å². The Kier molecular flexibility index (Phi) is 5.40. The summed E-state index contributed by atoms with van der Waals surface area (Å²) in [5.41, 5.74) is 4.36. The van der Waals surface area contributed by atoms with Gasteiger partial charge in [-0.25, -0.2) is 4.39 Å². The predicted octanol–water partition coefficient (Wildman–Crippen LogP) is 4.36. The molecule has 2 aliphatic rings. The minimum absolute atomic E-state index is 0.0973. The number of hydrogen-bond acceptors (Lipinski definition) is 4. The third-order valence-corrected chi connectivity index (χ3v) is 7.34. The minimum Gasteiger partial charge on any atom is -0.325 e. The van der Waals surface area contributed by atoms with Gasteiger partial charge in [-0.05, 0) is 67.4 Å². The molecule has 5 rings (SSSR count). The molecule has 1 spiro atoms. The Morgan fingerprint density at radius 1 is 1.03 bits per heavy atom. The SMILES string of the molecule is Cc1cc(C)cc(NC(=O)CN2C(=O)C3(SCC(=O)N3c3ccc(F)cc3)c3ccccc32)c1. The van der Waals surface area contributed by atoms with Crippen LogP contribution in [0.3, 0.4) is 0 Å². The highest BCUT2D eigenvalue weighted by Gasteiger charge is 2.61. The van der Waals surface area contributed by atoms with Crippen LogP contribution in [0.15, 0.2) is 66.7 Å². The van der Waals surface area contributed by atoms with E-state index < -0.39 is 10.7 Å². The van der Waals surface area contributed by atoms with E-state index in [2.05, 4.69) is 5.32 Å². The number of halogens is 1. The van der Waals surface area contributed by atoms with Crippen LogP contribution in [0.25, 0.3) is 0 Å². The van der Waals surface area contributed by atoms with Crippen LogP contribution >= 0.6 is 11.8 Å². The van der Waals surface area contributed by atoms with Gasteiger partial charge in [-0.1, -0.05) is 24.3 Å². The first-order chi connectivity index (χ1) is 16.3. The second-order valence-electron chi connectivity index (χ2n) is 8.47. The van der Waals surface area contributed by atoms with Gasteiger partial charge in [0.05, 0.1) is 11.4 Å². The molecule has 3 amide bonds. The first-order valence-corrected chi connectivity index (χ1v) is 11.8. The van der Waals surface area contributed by atoms with Crippen molar-refractivity contribution in [1.82, 2.24) is 0 Å². The summed E-state index contributed by atoms with van der Waals surface area (Å²) in [6, 6.07) is 18.4. The van der Waals surface area contributed by atoms with Crippen molar-refractivity contribution in [3.63, 3.8) is 0 Å². The van der Waals surface area contributed by atoms with Gasteiger partial charge in [-0.15, -0.1) is 11.8 Å². The third-order valence-electron chi connectivity index (χ3n) is 5.96. The van der Waals surface area contributed by atoms with Crippen LogP contribution in [-0.2, 0) is 19.3 Å². The summed E-state index contributed by atoms with van der Waals surface area (Å²) in [6.07, 6.45) is 0.